The molecule has 0 radical (unpaired) electrons. The van der Waals surface area contributed by atoms with E-state index in [4.69, 9.17) is 4.55 Å². The van der Waals surface area contributed by atoms with Crippen molar-refractivity contribution in [1.29, 1.82) is 0 Å². The van der Waals surface area contributed by atoms with E-state index in [1.54, 1.807) is 0 Å². The Morgan fingerprint density at radius 3 is 1.20 bits per heavy atom. The average molecular weight is 678 g/mol. The first-order valence-electron chi connectivity index (χ1n) is 16.6. The molecule has 4 nitrogen and oxygen atoms in total. The molecule has 0 aliphatic carbocycles. The van der Waals surface area contributed by atoms with E-state index in [1.807, 2.05) is 0 Å². The summed E-state index contributed by atoms with van der Waals surface area (Å²) in [6.07, 6.45) is 14.3. The zero-order valence-corrected chi connectivity index (χ0v) is 27.6. The maximum absolute atomic E-state index is 13.0. The van der Waals surface area contributed by atoms with Gasteiger partial charge in [0.2, 0.25) is 0 Å². The molecule has 44 heavy (non-hydrogen) atoms. The topological polar surface area (TPSA) is 80.4 Å². The van der Waals surface area contributed by atoms with Gasteiger partial charge in [-0.3, -0.25) is 10.3 Å². The van der Waals surface area contributed by atoms with Gasteiger partial charge in [-0.15, -0.1) is 0 Å². The van der Waals surface area contributed by atoms with Gasteiger partial charge in [-0.2, -0.15) is 39.2 Å². The second-order valence-electron chi connectivity index (χ2n) is 11.9. The minimum Gasteiger partial charge on any atom is -0.286 e. The quantitative estimate of drug-likeness (QED) is 0.0374. The molecule has 0 amide bonds. The summed E-state index contributed by atoms with van der Waals surface area (Å²) >= 11 is 0. The minimum atomic E-state index is -4.92. The van der Waals surface area contributed by atoms with Crippen LogP contribution in [0, 0.1) is 0 Å². The van der Waals surface area contributed by atoms with E-state index in [0.717, 1.165) is 12.8 Å². The highest BCUT2D eigenvalue weighted by Crippen LogP contribution is 2.36. The van der Waals surface area contributed by atoms with Gasteiger partial charge in [-0.1, -0.05) is 142 Å². The van der Waals surface area contributed by atoms with Crippen LogP contribution < -0.4 is 5.73 Å². The van der Waals surface area contributed by atoms with Crippen LogP contribution in [-0.4, -0.2) is 43.0 Å². The zero-order chi connectivity index (χ0) is 34.0. The monoisotopic (exact) mass is 677 g/mol. The Balaban J connectivity index is 0. The largest absolute Gasteiger partial charge is 0.389 e. The standard InChI is InChI=1S/C19H40O3S.C12H19F8N/c1-2-3-4-5-6-7-8-9-10-11-12-13-14-15-16-17-18-19-23(20,21)22;13-9(11(17,18)12(19,20)21)7-5-3-1-2-4-6-8-10(14,15)16/h2-19H2,1H3,(H,20,21,22);9H,1-8,21H2. The molecular formula is C31H59F8NO3S. The summed E-state index contributed by atoms with van der Waals surface area (Å²) in [5.41, 5.74) is 3.92. The summed E-state index contributed by atoms with van der Waals surface area (Å²) < 4.78 is 128. The van der Waals surface area contributed by atoms with Crippen molar-refractivity contribution >= 4 is 10.1 Å². The van der Waals surface area contributed by atoms with Gasteiger partial charge in [-0.05, 0) is 19.3 Å². The molecule has 0 saturated carbocycles. The third-order valence-corrected chi connectivity index (χ3v) is 8.32. The first-order valence-corrected chi connectivity index (χ1v) is 18.3. The molecule has 268 valence electrons. The molecule has 13 heteroatoms. The van der Waals surface area contributed by atoms with Crippen molar-refractivity contribution in [2.24, 2.45) is 5.73 Å². The van der Waals surface area contributed by atoms with Crippen molar-refractivity contribution in [1.82, 2.24) is 0 Å². The zero-order valence-electron chi connectivity index (χ0n) is 26.7. The highest BCUT2D eigenvalue weighted by Gasteiger charge is 2.59. The molecule has 0 aliphatic rings. The van der Waals surface area contributed by atoms with Crippen molar-refractivity contribution < 1.29 is 48.1 Å². The number of unbranched alkanes of at least 4 members (excludes halogenated alkanes) is 21. The summed E-state index contributed by atoms with van der Waals surface area (Å²) in [4.78, 5) is 0. The van der Waals surface area contributed by atoms with E-state index in [0.29, 0.717) is 32.1 Å². The van der Waals surface area contributed by atoms with Gasteiger partial charge in [0.05, 0.1) is 5.75 Å². The predicted molar refractivity (Wildman–Crippen MR) is 163 cm³/mol. The molecule has 1 atom stereocenters. The van der Waals surface area contributed by atoms with Gasteiger partial charge < -0.3 is 0 Å². The molecule has 0 aromatic carbocycles. The molecule has 1 unspecified atom stereocenters. The molecule has 3 N–H and O–H groups in total. The maximum atomic E-state index is 13.0. The Labute approximate surface area is 261 Å². The molecule has 0 aromatic rings. The molecule has 0 spiro atoms. The van der Waals surface area contributed by atoms with E-state index in [-0.39, 0.29) is 18.6 Å². The average Bonchev–Trinajstić information content (AvgIpc) is 2.90. The van der Waals surface area contributed by atoms with Gasteiger partial charge >= 0.3 is 18.1 Å². The molecule has 0 rings (SSSR count). The van der Waals surface area contributed by atoms with Crippen LogP contribution in [0.1, 0.15) is 167 Å². The van der Waals surface area contributed by atoms with E-state index >= 15 is 0 Å². The first-order chi connectivity index (χ1) is 20.4. The van der Waals surface area contributed by atoms with Gasteiger partial charge in [0, 0.05) is 6.42 Å². The molecule has 0 bridgehead atoms. The highest BCUT2D eigenvalue weighted by molar-refractivity contribution is 7.85. The van der Waals surface area contributed by atoms with Crippen molar-refractivity contribution in [3.63, 3.8) is 0 Å². The number of alkyl halides is 8. The summed E-state index contributed by atoms with van der Waals surface area (Å²) in [7, 11) is -3.74. The minimum absolute atomic E-state index is 0.0211. The lowest BCUT2D eigenvalue weighted by Crippen LogP contribution is -2.53. The van der Waals surface area contributed by atoms with Crippen LogP contribution in [-0.2, 0) is 10.1 Å². The lowest BCUT2D eigenvalue weighted by molar-refractivity contribution is -0.236. The summed E-state index contributed by atoms with van der Waals surface area (Å²) in [6.45, 7) is 2.27. The lowest BCUT2D eigenvalue weighted by atomic mass is 10.0. The van der Waals surface area contributed by atoms with Crippen LogP contribution in [0.3, 0.4) is 0 Å². The van der Waals surface area contributed by atoms with Crippen molar-refractivity contribution in [2.75, 3.05) is 5.75 Å². The number of nitrogens with two attached hydrogens (primary N) is 1. The molecule has 0 saturated heterocycles. The number of hydrogen-bond acceptors (Lipinski definition) is 3. The van der Waals surface area contributed by atoms with Crippen LogP contribution in [0.5, 0.6) is 0 Å². The molecule has 0 fully saturated rings. The first kappa shape index (κ1) is 45.4. The lowest BCUT2D eigenvalue weighted by Gasteiger charge is -2.25. The third kappa shape index (κ3) is 31.3. The van der Waals surface area contributed by atoms with E-state index < -0.39 is 47.3 Å². The molecule has 0 heterocycles. The van der Waals surface area contributed by atoms with Crippen LogP contribution in [0.4, 0.5) is 35.1 Å². The Kier molecular flexibility index (Phi) is 27.2. The van der Waals surface area contributed by atoms with E-state index in [1.165, 1.54) is 89.9 Å². The number of rotatable bonds is 28. The molecule has 0 aliphatic heterocycles. The van der Waals surface area contributed by atoms with Crippen molar-refractivity contribution in [3.05, 3.63) is 0 Å². The van der Waals surface area contributed by atoms with Crippen LogP contribution in [0.2, 0.25) is 0 Å². The highest BCUT2D eigenvalue weighted by atomic mass is 32.2. The van der Waals surface area contributed by atoms with Gasteiger partial charge in [-0.25, -0.2) is 4.39 Å². The number of hydrogen-bond donors (Lipinski definition) is 2. The summed E-state index contributed by atoms with van der Waals surface area (Å²) in [6, 6.07) is -4.91. The van der Waals surface area contributed by atoms with Crippen LogP contribution in [0.25, 0.3) is 0 Å². The SMILES string of the molecule is CCCCCCCCCCCCCCCCCCCS(=O)(=O)O.NC(F)(F)C(F)(F)C(F)CCCCCCCCC(F)(F)F. The Morgan fingerprint density at radius 2 is 0.886 bits per heavy atom. The fourth-order valence-corrected chi connectivity index (χ4v) is 5.32. The van der Waals surface area contributed by atoms with Crippen LogP contribution >= 0.6 is 0 Å². The van der Waals surface area contributed by atoms with Gasteiger partial charge in [0.15, 0.2) is 6.17 Å². The van der Waals surface area contributed by atoms with Crippen LogP contribution in [0.15, 0.2) is 0 Å². The normalized spacial score (nSPS) is 13.5. The van der Waals surface area contributed by atoms with Gasteiger partial charge in [0.1, 0.15) is 0 Å². The van der Waals surface area contributed by atoms with Crippen molar-refractivity contribution in [3.8, 4) is 0 Å². The fraction of sp³-hybridized carbons (Fsp3) is 1.00. The second-order valence-corrected chi connectivity index (χ2v) is 13.5. The van der Waals surface area contributed by atoms with Gasteiger partial charge in [0.25, 0.3) is 10.1 Å². The summed E-state index contributed by atoms with van der Waals surface area (Å²) in [5.74, 6) is -4.99. The fourth-order valence-electron chi connectivity index (χ4n) is 4.76. The predicted octanol–water partition coefficient (Wildman–Crippen LogP) is 11.7. The maximum Gasteiger partial charge on any atom is 0.389 e. The molecular weight excluding hydrogens is 618 g/mol. The van der Waals surface area contributed by atoms with Crippen molar-refractivity contribution in [2.45, 2.75) is 192 Å². The smallest absolute Gasteiger partial charge is 0.286 e. The Hall–Kier alpha value is -0.690. The molecule has 0 aromatic heterocycles. The number of halogens is 8. The third-order valence-electron chi connectivity index (χ3n) is 7.51. The Morgan fingerprint density at radius 1 is 0.568 bits per heavy atom. The summed E-state index contributed by atoms with van der Waals surface area (Å²) in [5, 5.41) is 0. The van der Waals surface area contributed by atoms with E-state index in [2.05, 4.69) is 12.7 Å². The Bertz CT molecular complexity index is 747. The van der Waals surface area contributed by atoms with E-state index in [9.17, 15) is 43.5 Å². The second kappa shape index (κ2) is 26.4.